The Bertz CT molecular complexity index is 553. The predicted molar refractivity (Wildman–Crippen MR) is 70.5 cm³/mol. The summed E-state index contributed by atoms with van der Waals surface area (Å²) in [6, 6.07) is 13.0. The minimum absolute atomic E-state index is 0.306. The molecular formula is C14H15NO3. The molecule has 2 aromatic carbocycles. The van der Waals surface area contributed by atoms with Crippen LogP contribution in [0.3, 0.4) is 0 Å². The quantitative estimate of drug-likeness (QED) is 0.806. The van der Waals surface area contributed by atoms with Gasteiger partial charge in [-0.3, -0.25) is 0 Å². The number of fused-ring (bicyclic) bond motifs is 1. The number of carbonyl (C=O) groups excluding carboxylic acids is 1. The van der Waals surface area contributed by atoms with E-state index in [1.807, 2.05) is 42.5 Å². The first-order chi connectivity index (χ1) is 8.74. The van der Waals surface area contributed by atoms with E-state index in [2.05, 4.69) is 10.1 Å². The number of nitrogens with one attached hydrogen (secondary N) is 1. The number of aliphatic hydroxyl groups is 1. The van der Waals surface area contributed by atoms with Crippen molar-refractivity contribution in [3.8, 4) is 0 Å². The van der Waals surface area contributed by atoms with Crippen LogP contribution in [0.2, 0.25) is 0 Å². The lowest BCUT2D eigenvalue weighted by Crippen LogP contribution is -2.33. The third-order valence-corrected chi connectivity index (χ3v) is 2.76. The van der Waals surface area contributed by atoms with Crippen molar-refractivity contribution in [3.63, 3.8) is 0 Å². The largest absolute Gasteiger partial charge is 0.467 e. The zero-order valence-electron chi connectivity index (χ0n) is 10.1. The SMILES string of the molecule is COC(=O)[C@H](CO)Nc1ccc2ccccc2c1. The Morgan fingerprint density at radius 1 is 1.28 bits per heavy atom. The Hall–Kier alpha value is -2.07. The summed E-state index contributed by atoms with van der Waals surface area (Å²) >= 11 is 0. The topological polar surface area (TPSA) is 58.6 Å². The maximum absolute atomic E-state index is 11.4. The lowest BCUT2D eigenvalue weighted by Gasteiger charge is -2.15. The van der Waals surface area contributed by atoms with Crippen LogP contribution in [0.1, 0.15) is 0 Å². The Morgan fingerprint density at radius 2 is 2.00 bits per heavy atom. The molecule has 4 nitrogen and oxygen atoms in total. The van der Waals surface area contributed by atoms with Gasteiger partial charge in [0.25, 0.3) is 0 Å². The highest BCUT2D eigenvalue weighted by Crippen LogP contribution is 2.19. The molecule has 94 valence electrons. The average Bonchev–Trinajstić information content (AvgIpc) is 2.43. The van der Waals surface area contributed by atoms with Gasteiger partial charge in [0.15, 0.2) is 0 Å². The van der Waals surface area contributed by atoms with E-state index < -0.39 is 12.0 Å². The van der Waals surface area contributed by atoms with Crippen LogP contribution < -0.4 is 5.32 Å². The Balaban J connectivity index is 2.23. The van der Waals surface area contributed by atoms with Crippen LogP contribution in [0.25, 0.3) is 10.8 Å². The second-order valence-corrected chi connectivity index (χ2v) is 3.96. The van der Waals surface area contributed by atoms with Crippen LogP contribution in [0.15, 0.2) is 42.5 Å². The van der Waals surface area contributed by atoms with Gasteiger partial charge in [-0.25, -0.2) is 4.79 Å². The molecule has 0 bridgehead atoms. The Morgan fingerprint density at radius 3 is 2.67 bits per heavy atom. The molecule has 0 saturated heterocycles. The number of benzene rings is 2. The fourth-order valence-corrected chi connectivity index (χ4v) is 1.80. The lowest BCUT2D eigenvalue weighted by molar-refractivity contribution is -0.142. The van der Waals surface area contributed by atoms with Crippen LogP contribution in [0.4, 0.5) is 5.69 Å². The summed E-state index contributed by atoms with van der Waals surface area (Å²) in [5.41, 5.74) is 0.776. The molecule has 0 heterocycles. The molecule has 0 saturated carbocycles. The van der Waals surface area contributed by atoms with E-state index in [-0.39, 0.29) is 6.61 Å². The number of methoxy groups -OCH3 is 1. The maximum Gasteiger partial charge on any atom is 0.330 e. The van der Waals surface area contributed by atoms with E-state index in [0.717, 1.165) is 16.5 Å². The number of carbonyl (C=O) groups is 1. The number of ether oxygens (including phenoxy) is 1. The minimum atomic E-state index is -0.740. The lowest BCUT2D eigenvalue weighted by atomic mass is 10.1. The van der Waals surface area contributed by atoms with Crippen molar-refractivity contribution in [1.82, 2.24) is 0 Å². The molecule has 0 aliphatic carbocycles. The number of rotatable bonds is 4. The van der Waals surface area contributed by atoms with E-state index in [1.54, 1.807) is 0 Å². The first-order valence-electron chi connectivity index (χ1n) is 5.68. The van der Waals surface area contributed by atoms with Gasteiger partial charge in [-0.05, 0) is 22.9 Å². The molecule has 0 amide bonds. The molecule has 2 aromatic rings. The van der Waals surface area contributed by atoms with Crippen LogP contribution in [0, 0.1) is 0 Å². The van der Waals surface area contributed by atoms with Crippen LogP contribution in [-0.4, -0.2) is 30.8 Å². The standard InChI is InChI=1S/C14H15NO3/c1-18-14(17)13(9-16)15-12-7-6-10-4-2-3-5-11(10)8-12/h2-8,13,15-16H,9H2,1H3/t13-/m0/s1. The van der Waals surface area contributed by atoms with E-state index in [1.165, 1.54) is 7.11 Å². The monoisotopic (exact) mass is 245 g/mol. The summed E-state index contributed by atoms with van der Waals surface area (Å²) in [7, 11) is 1.30. The molecule has 2 rings (SSSR count). The first kappa shape index (κ1) is 12.4. The van der Waals surface area contributed by atoms with Crippen molar-refractivity contribution >= 4 is 22.4 Å². The number of esters is 1. The number of aliphatic hydroxyl groups excluding tert-OH is 1. The average molecular weight is 245 g/mol. The third-order valence-electron chi connectivity index (χ3n) is 2.76. The summed E-state index contributed by atoms with van der Waals surface area (Å²) in [4.78, 5) is 11.4. The molecule has 1 atom stereocenters. The first-order valence-corrected chi connectivity index (χ1v) is 5.68. The van der Waals surface area contributed by atoms with Crippen LogP contribution >= 0.6 is 0 Å². The fourth-order valence-electron chi connectivity index (χ4n) is 1.80. The zero-order valence-corrected chi connectivity index (χ0v) is 10.1. The van der Waals surface area contributed by atoms with E-state index >= 15 is 0 Å². The van der Waals surface area contributed by atoms with E-state index in [0.29, 0.717) is 0 Å². The van der Waals surface area contributed by atoms with Gasteiger partial charge in [-0.15, -0.1) is 0 Å². The van der Waals surface area contributed by atoms with Gasteiger partial charge in [-0.1, -0.05) is 30.3 Å². The highest BCUT2D eigenvalue weighted by Gasteiger charge is 2.17. The van der Waals surface area contributed by atoms with Gasteiger partial charge in [0.1, 0.15) is 6.04 Å². The molecule has 0 spiro atoms. The zero-order chi connectivity index (χ0) is 13.0. The van der Waals surface area contributed by atoms with Crippen molar-refractivity contribution in [1.29, 1.82) is 0 Å². The summed E-state index contributed by atoms with van der Waals surface area (Å²) in [6.07, 6.45) is 0. The minimum Gasteiger partial charge on any atom is -0.467 e. The second-order valence-electron chi connectivity index (χ2n) is 3.96. The molecule has 0 aliphatic rings. The smallest absolute Gasteiger partial charge is 0.330 e. The summed E-state index contributed by atoms with van der Waals surface area (Å²) in [5, 5.41) is 14.3. The van der Waals surface area contributed by atoms with Gasteiger partial charge in [0.05, 0.1) is 13.7 Å². The van der Waals surface area contributed by atoms with Crippen molar-refractivity contribution in [2.24, 2.45) is 0 Å². The van der Waals surface area contributed by atoms with Crippen molar-refractivity contribution in [2.45, 2.75) is 6.04 Å². The van der Waals surface area contributed by atoms with Gasteiger partial charge >= 0.3 is 5.97 Å². The number of anilines is 1. The summed E-state index contributed by atoms with van der Waals surface area (Å²) in [6.45, 7) is -0.306. The molecule has 4 heteroatoms. The molecule has 2 N–H and O–H groups in total. The molecule has 0 aliphatic heterocycles. The summed E-state index contributed by atoms with van der Waals surface area (Å²) < 4.78 is 4.60. The second kappa shape index (κ2) is 5.51. The highest BCUT2D eigenvalue weighted by molar-refractivity contribution is 5.87. The molecule has 0 radical (unpaired) electrons. The number of hydrogen-bond donors (Lipinski definition) is 2. The van der Waals surface area contributed by atoms with Crippen LogP contribution in [0.5, 0.6) is 0 Å². The van der Waals surface area contributed by atoms with E-state index in [4.69, 9.17) is 5.11 Å². The van der Waals surface area contributed by atoms with Gasteiger partial charge in [0, 0.05) is 5.69 Å². The molecular weight excluding hydrogens is 230 g/mol. The predicted octanol–water partition coefficient (Wildman–Crippen LogP) is 1.79. The number of hydrogen-bond acceptors (Lipinski definition) is 4. The van der Waals surface area contributed by atoms with Gasteiger partial charge in [-0.2, -0.15) is 0 Å². The molecule has 0 unspecified atom stereocenters. The maximum atomic E-state index is 11.4. The molecule has 0 fully saturated rings. The fraction of sp³-hybridized carbons (Fsp3) is 0.214. The Kier molecular flexibility index (Phi) is 3.79. The van der Waals surface area contributed by atoms with Crippen molar-refractivity contribution in [3.05, 3.63) is 42.5 Å². The Labute approximate surface area is 105 Å². The van der Waals surface area contributed by atoms with Crippen LogP contribution in [-0.2, 0) is 9.53 Å². The van der Waals surface area contributed by atoms with Gasteiger partial charge < -0.3 is 15.2 Å². The van der Waals surface area contributed by atoms with Crippen molar-refractivity contribution in [2.75, 3.05) is 19.0 Å². The molecule has 0 aromatic heterocycles. The summed E-state index contributed by atoms with van der Waals surface area (Å²) in [5.74, 6) is -0.481. The normalized spacial score (nSPS) is 12.1. The van der Waals surface area contributed by atoms with E-state index in [9.17, 15) is 4.79 Å². The highest BCUT2D eigenvalue weighted by atomic mass is 16.5. The van der Waals surface area contributed by atoms with Crippen molar-refractivity contribution < 1.29 is 14.6 Å². The van der Waals surface area contributed by atoms with Gasteiger partial charge in [0.2, 0.25) is 0 Å². The molecule has 18 heavy (non-hydrogen) atoms. The third kappa shape index (κ3) is 2.60.